The van der Waals surface area contributed by atoms with E-state index in [1.54, 1.807) is 0 Å². The Morgan fingerprint density at radius 1 is 1.05 bits per heavy atom. The molecule has 0 aliphatic heterocycles. The number of hydrogen-bond donors (Lipinski definition) is 1. The molecule has 0 aliphatic rings. The highest BCUT2D eigenvalue weighted by molar-refractivity contribution is 5.97. The Morgan fingerprint density at radius 3 is 2.25 bits per heavy atom. The van der Waals surface area contributed by atoms with Crippen molar-refractivity contribution in [2.24, 2.45) is 14.1 Å². The van der Waals surface area contributed by atoms with E-state index in [9.17, 15) is 19.5 Å². The molecule has 0 atom stereocenters. The molecule has 0 amide bonds. The maximum absolute atomic E-state index is 12.0. The number of rotatable bonds is 7. The molecule has 0 aromatic carbocycles. The Morgan fingerprint density at radius 2 is 1.65 bits per heavy atom. The Hall–Kier alpha value is -1.85. The number of hydrogen-bond acceptors (Lipinski definition) is 4. The van der Waals surface area contributed by atoms with E-state index in [1.807, 2.05) is 0 Å². The van der Waals surface area contributed by atoms with Crippen molar-refractivity contribution in [3.63, 3.8) is 0 Å². The molecule has 0 radical (unpaired) electrons. The van der Waals surface area contributed by atoms with Gasteiger partial charge in [0.25, 0.3) is 5.56 Å². The average molecular weight is 282 g/mol. The minimum Gasteiger partial charge on any atom is -0.494 e. The predicted molar refractivity (Wildman–Crippen MR) is 76.3 cm³/mol. The highest BCUT2D eigenvalue weighted by Crippen LogP contribution is 2.14. The second-order valence-corrected chi connectivity index (χ2v) is 4.99. The summed E-state index contributed by atoms with van der Waals surface area (Å²) in [5.74, 6) is -0.952. The monoisotopic (exact) mass is 282 g/mol. The van der Waals surface area contributed by atoms with Gasteiger partial charge in [-0.05, 0) is 6.42 Å². The molecule has 6 nitrogen and oxygen atoms in total. The van der Waals surface area contributed by atoms with Crippen LogP contribution in [0.1, 0.15) is 55.8 Å². The van der Waals surface area contributed by atoms with Gasteiger partial charge in [0.2, 0.25) is 5.88 Å². The number of nitrogens with zero attached hydrogens (tertiary/aromatic N) is 2. The molecule has 0 bridgehead atoms. The lowest BCUT2D eigenvalue weighted by molar-refractivity contribution is 0.0972. The zero-order chi connectivity index (χ0) is 15.3. The second-order valence-electron chi connectivity index (χ2n) is 4.99. The van der Waals surface area contributed by atoms with Gasteiger partial charge in [-0.1, -0.05) is 32.6 Å². The molecule has 1 heterocycles. The maximum atomic E-state index is 12.0. The summed E-state index contributed by atoms with van der Waals surface area (Å²) in [4.78, 5) is 35.5. The van der Waals surface area contributed by atoms with Crippen LogP contribution >= 0.6 is 0 Å². The smallest absolute Gasteiger partial charge is 0.333 e. The minimum absolute atomic E-state index is 0.213. The van der Waals surface area contributed by atoms with Crippen LogP contribution in [0.5, 0.6) is 5.88 Å². The lowest BCUT2D eigenvalue weighted by atomic mass is 10.1. The van der Waals surface area contributed by atoms with Crippen molar-refractivity contribution in [2.75, 3.05) is 0 Å². The molecule has 0 saturated carbocycles. The van der Waals surface area contributed by atoms with Gasteiger partial charge < -0.3 is 5.11 Å². The van der Waals surface area contributed by atoms with Gasteiger partial charge >= 0.3 is 5.69 Å². The van der Waals surface area contributed by atoms with Crippen LogP contribution in [0, 0.1) is 0 Å². The molecule has 1 aromatic heterocycles. The molecule has 20 heavy (non-hydrogen) atoms. The quantitative estimate of drug-likeness (QED) is 0.604. The largest absolute Gasteiger partial charge is 0.494 e. The Kier molecular flexibility index (Phi) is 5.73. The first-order valence-electron chi connectivity index (χ1n) is 6.94. The SMILES string of the molecule is CCCCCCCC(=O)c1c(O)n(C)c(=O)n(C)c1=O. The van der Waals surface area contributed by atoms with Crippen LogP contribution in [0.4, 0.5) is 0 Å². The lowest BCUT2D eigenvalue weighted by Crippen LogP contribution is -2.39. The molecule has 1 N–H and O–H groups in total. The molecule has 6 heteroatoms. The third kappa shape index (κ3) is 3.37. The topological polar surface area (TPSA) is 81.3 Å². The molecule has 0 aliphatic carbocycles. The fraction of sp³-hybridized carbons (Fsp3) is 0.643. The molecular formula is C14H22N2O4. The summed E-state index contributed by atoms with van der Waals surface area (Å²) in [5.41, 5.74) is -1.67. The van der Waals surface area contributed by atoms with E-state index in [0.717, 1.165) is 34.8 Å². The van der Waals surface area contributed by atoms with Crippen LogP contribution in [0.25, 0.3) is 0 Å². The van der Waals surface area contributed by atoms with Crippen molar-refractivity contribution in [3.05, 3.63) is 26.4 Å². The van der Waals surface area contributed by atoms with Gasteiger partial charge in [-0.15, -0.1) is 0 Å². The summed E-state index contributed by atoms with van der Waals surface area (Å²) in [6.45, 7) is 2.11. The number of carbonyl (C=O) groups is 1. The molecular weight excluding hydrogens is 260 g/mol. The van der Waals surface area contributed by atoms with Gasteiger partial charge in [0.05, 0.1) is 0 Å². The summed E-state index contributed by atoms with van der Waals surface area (Å²) in [6.07, 6.45) is 5.12. The van der Waals surface area contributed by atoms with E-state index >= 15 is 0 Å². The fourth-order valence-corrected chi connectivity index (χ4v) is 2.09. The zero-order valence-corrected chi connectivity index (χ0v) is 12.3. The lowest BCUT2D eigenvalue weighted by Gasteiger charge is -2.09. The first-order chi connectivity index (χ1) is 9.41. The van der Waals surface area contributed by atoms with Gasteiger partial charge in [0.1, 0.15) is 5.56 Å². The van der Waals surface area contributed by atoms with Crippen molar-refractivity contribution in [1.82, 2.24) is 9.13 Å². The number of carbonyl (C=O) groups excluding carboxylic acids is 1. The number of Topliss-reactive ketones (excluding diaryl/α,β-unsaturated/α-hetero) is 1. The van der Waals surface area contributed by atoms with Gasteiger partial charge in [0, 0.05) is 20.5 Å². The summed E-state index contributed by atoms with van der Waals surface area (Å²) < 4.78 is 1.75. The van der Waals surface area contributed by atoms with Crippen LogP contribution in [0.3, 0.4) is 0 Å². The minimum atomic E-state index is -0.732. The number of ketones is 1. The van der Waals surface area contributed by atoms with Crippen molar-refractivity contribution < 1.29 is 9.90 Å². The van der Waals surface area contributed by atoms with Gasteiger partial charge in [-0.3, -0.25) is 18.7 Å². The number of aromatic nitrogens is 2. The molecule has 0 spiro atoms. The molecule has 1 rings (SSSR count). The summed E-state index contributed by atoms with van der Waals surface area (Å²) >= 11 is 0. The second kappa shape index (κ2) is 7.07. The third-order valence-electron chi connectivity index (χ3n) is 3.42. The summed E-state index contributed by atoms with van der Waals surface area (Å²) in [6, 6.07) is 0. The van der Waals surface area contributed by atoms with Crippen molar-refractivity contribution >= 4 is 5.78 Å². The van der Waals surface area contributed by atoms with Gasteiger partial charge in [0.15, 0.2) is 5.78 Å². The highest BCUT2D eigenvalue weighted by atomic mass is 16.3. The van der Waals surface area contributed by atoms with Crippen LogP contribution < -0.4 is 11.2 Å². The van der Waals surface area contributed by atoms with E-state index < -0.39 is 22.9 Å². The molecule has 0 fully saturated rings. The standard InChI is InChI=1S/C14H22N2O4/c1-4-5-6-7-8-9-10(17)11-12(18)15(2)14(20)16(3)13(11)19/h18H,4-9H2,1-3H3. The first-order valence-corrected chi connectivity index (χ1v) is 6.94. The van der Waals surface area contributed by atoms with Crippen molar-refractivity contribution in [3.8, 4) is 5.88 Å². The molecule has 0 saturated heterocycles. The van der Waals surface area contributed by atoms with E-state index in [-0.39, 0.29) is 12.0 Å². The number of unbranched alkanes of at least 4 members (excludes halogenated alkanes) is 4. The Bertz CT molecular complexity index is 598. The van der Waals surface area contributed by atoms with Crippen LogP contribution in [0.2, 0.25) is 0 Å². The normalized spacial score (nSPS) is 10.8. The number of aromatic hydroxyl groups is 1. The van der Waals surface area contributed by atoms with Gasteiger partial charge in [-0.2, -0.15) is 0 Å². The third-order valence-corrected chi connectivity index (χ3v) is 3.42. The predicted octanol–water partition coefficient (Wildman–Crippen LogP) is 1.33. The zero-order valence-electron chi connectivity index (χ0n) is 12.3. The van der Waals surface area contributed by atoms with Crippen LogP contribution in [-0.2, 0) is 14.1 Å². The van der Waals surface area contributed by atoms with E-state index in [2.05, 4.69) is 6.92 Å². The highest BCUT2D eigenvalue weighted by Gasteiger charge is 2.20. The van der Waals surface area contributed by atoms with E-state index in [4.69, 9.17) is 0 Å². The van der Waals surface area contributed by atoms with Gasteiger partial charge in [-0.25, -0.2) is 4.79 Å². The molecule has 112 valence electrons. The van der Waals surface area contributed by atoms with Crippen LogP contribution in [0.15, 0.2) is 9.59 Å². The molecule has 1 aromatic rings. The average Bonchev–Trinajstić information content (AvgIpc) is 2.43. The molecule has 0 unspecified atom stereocenters. The first kappa shape index (κ1) is 16.2. The van der Waals surface area contributed by atoms with Crippen molar-refractivity contribution in [2.45, 2.75) is 45.4 Å². The Balaban J connectivity index is 2.89. The fourth-order valence-electron chi connectivity index (χ4n) is 2.09. The summed E-state index contributed by atoms with van der Waals surface area (Å²) in [7, 11) is 2.62. The van der Waals surface area contributed by atoms with Crippen LogP contribution in [-0.4, -0.2) is 20.0 Å². The maximum Gasteiger partial charge on any atom is 0.333 e. The summed E-state index contributed by atoms with van der Waals surface area (Å²) in [5, 5.41) is 9.82. The Labute approximate surface area is 117 Å². The van der Waals surface area contributed by atoms with E-state index in [0.29, 0.717) is 6.42 Å². The van der Waals surface area contributed by atoms with E-state index in [1.165, 1.54) is 14.1 Å². The van der Waals surface area contributed by atoms with Crippen molar-refractivity contribution in [1.29, 1.82) is 0 Å².